The molecule has 0 atom stereocenters. The number of rotatable bonds is 4. The minimum Gasteiger partial charge on any atom is -0.338 e. The largest absolute Gasteiger partial charge is 0.338 e. The molecular formula is C13H13BrN2O. The third kappa shape index (κ3) is 3.03. The molecule has 88 valence electrons. The fourth-order valence-corrected chi connectivity index (χ4v) is 2.07. The maximum Gasteiger partial charge on any atom is 0.163 e. The topological polar surface area (TPSA) is 34.9 Å². The van der Waals surface area contributed by atoms with E-state index >= 15 is 0 Å². The standard InChI is InChI=1S/C13H13BrN2O/c1-16-8-7-15-13(16)6-5-12(17)10-3-2-4-11(14)9-10/h2-4,7-9H,5-6H2,1H3. The van der Waals surface area contributed by atoms with E-state index < -0.39 is 0 Å². The van der Waals surface area contributed by atoms with Gasteiger partial charge < -0.3 is 4.57 Å². The van der Waals surface area contributed by atoms with Crippen molar-refractivity contribution in [3.8, 4) is 0 Å². The summed E-state index contributed by atoms with van der Waals surface area (Å²) in [6.45, 7) is 0. The quantitative estimate of drug-likeness (QED) is 0.812. The molecule has 0 fully saturated rings. The van der Waals surface area contributed by atoms with E-state index in [1.54, 1.807) is 6.20 Å². The molecule has 0 unspecified atom stereocenters. The average Bonchev–Trinajstić information content (AvgIpc) is 2.72. The van der Waals surface area contributed by atoms with Crippen molar-refractivity contribution in [1.29, 1.82) is 0 Å². The molecule has 0 spiro atoms. The van der Waals surface area contributed by atoms with Crippen LogP contribution in [0.4, 0.5) is 0 Å². The van der Waals surface area contributed by atoms with E-state index in [4.69, 9.17) is 0 Å². The fourth-order valence-electron chi connectivity index (χ4n) is 1.67. The number of aromatic nitrogens is 2. The first-order chi connectivity index (χ1) is 8.16. The smallest absolute Gasteiger partial charge is 0.163 e. The van der Waals surface area contributed by atoms with E-state index in [1.807, 2.05) is 42.1 Å². The van der Waals surface area contributed by atoms with E-state index in [2.05, 4.69) is 20.9 Å². The molecule has 3 nitrogen and oxygen atoms in total. The predicted molar refractivity (Wildman–Crippen MR) is 70.0 cm³/mol. The van der Waals surface area contributed by atoms with E-state index in [0.717, 1.165) is 15.9 Å². The molecule has 0 aliphatic rings. The molecule has 17 heavy (non-hydrogen) atoms. The van der Waals surface area contributed by atoms with Gasteiger partial charge in [0.15, 0.2) is 5.78 Å². The van der Waals surface area contributed by atoms with Gasteiger partial charge >= 0.3 is 0 Å². The first kappa shape index (κ1) is 12.0. The second kappa shape index (κ2) is 5.27. The molecule has 2 rings (SSSR count). The van der Waals surface area contributed by atoms with Crippen LogP contribution in [0.5, 0.6) is 0 Å². The van der Waals surface area contributed by atoms with Crippen molar-refractivity contribution in [1.82, 2.24) is 9.55 Å². The Balaban J connectivity index is 2.01. The number of Topliss-reactive ketones (excluding diaryl/α,β-unsaturated/α-hetero) is 1. The van der Waals surface area contributed by atoms with Crippen molar-refractivity contribution in [3.05, 3.63) is 52.5 Å². The number of imidazole rings is 1. The van der Waals surface area contributed by atoms with Gasteiger partial charge in [0.25, 0.3) is 0 Å². The summed E-state index contributed by atoms with van der Waals surface area (Å²) in [5.41, 5.74) is 0.744. The molecule has 0 saturated carbocycles. The van der Waals surface area contributed by atoms with Crippen molar-refractivity contribution in [2.75, 3.05) is 0 Å². The van der Waals surface area contributed by atoms with Gasteiger partial charge in [-0.2, -0.15) is 0 Å². The molecule has 1 heterocycles. The number of hydrogen-bond donors (Lipinski definition) is 0. The van der Waals surface area contributed by atoms with Gasteiger partial charge in [-0.3, -0.25) is 4.79 Å². The monoisotopic (exact) mass is 292 g/mol. The van der Waals surface area contributed by atoms with Gasteiger partial charge in [-0.25, -0.2) is 4.98 Å². The molecule has 0 radical (unpaired) electrons. The number of nitrogens with zero attached hydrogens (tertiary/aromatic N) is 2. The van der Waals surface area contributed by atoms with Gasteiger partial charge in [-0.1, -0.05) is 28.1 Å². The highest BCUT2D eigenvalue weighted by Crippen LogP contribution is 2.14. The van der Waals surface area contributed by atoms with Crippen molar-refractivity contribution >= 4 is 21.7 Å². The van der Waals surface area contributed by atoms with Crippen LogP contribution >= 0.6 is 15.9 Å². The maximum atomic E-state index is 11.9. The SMILES string of the molecule is Cn1ccnc1CCC(=O)c1cccc(Br)c1. The maximum absolute atomic E-state index is 11.9. The van der Waals surface area contributed by atoms with Crippen LogP contribution in [0.1, 0.15) is 22.6 Å². The second-order valence-electron chi connectivity index (χ2n) is 3.89. The Morgan fingerprint density at radius 1 is 1.47 bits per heavy atom. The fraction of sp³-hybridized carbons (Fsp3) is 0.231. The summed E-state index contributed by atoms with van der Waals surface area (Å²) in [5, 5.41) is 0. The van der Waals surface area contributed by atoms with E-state index in [0.29, 0.717) is 12.8 Å². The Bertz CT molecular complexity index is 534. The van der Waals surface area contributed by atoms with Gasteiger partial charge in [0, 0.05) is 42.3 Å². The molecule has 0 saturated heterocycles. The van der Waals surface area contributed by atoms with Crippen LogP contribution in [0.25, 0.3) is 0 Å². The van der Waals surface area contributed by atoms with E-state index in [1.165, 1.54) is 0 Å². The predicted octanol–water partition coefficient (Wildman–Crippen LogP) is 3.00. The summed E-state index contributed by atoms with van der Waals surface area (Å²) in [7, 11) is 1.94. The Labute approximate surface area is 109 Å². The highest BCUT2D eigenvalue weighted by Gasteiger charge is 2.08. The number of halogens is 1. The molecule has 0 aliphatic heterocycles. The molecule has 4 heteroatoms. The summed E-state index contributed by atoms with van der Waals surface area (Å²) >= 11 is 3.36. The van der Waals surface area contributed by atoms with Gasteiger partial charge in [0.2, 0.25) is 0 Å². The molecule has 0 aliphatic carbocycles. The number of hydrogen-bond acceptors (Lipinski definition) is 2. The normalized spacial score (nSPS) is 10.5. The van der Waals surface area contributed by atoms with Crippen molar-refractivity contribution in [2.24, 2.45) is 7.05 Å². The van der Waals surface area contributed by atoms with Crippen molar-refractivity contribution in [3.63, 3.8) is 0 Å². The number of carbonyl (C=O) groups excluding carboxylic acids is 1. The zero-order valence-corrected chi connectivity index (χ0v) is 11.1. The van der Waals surface area contributed by atoms with Crippen LogP contribution in [0.15, 0.2) is 41.1 Å². The Morgan fingerprint density at radius 3 is 2.94 bits per heavy atom. The minimum atomic E-state index is 0.148. The van der Waals surface area contributed by atoms with Gasteiger partial charge in [-0.15, -0.1) is 0 Å². The zero-order chi connectivity index (χ0) is 12.3. The van der Waals surface area contributed by atoms with Crippen LogP contribution < -0.4 is 0 Å². The van der Waals surface area contributed by atoms with Crippen LogP contribution in [0.3, 0.4) is 0 Å². The van der Waals surface area contributed by atoms with Crippen LogP contribution in [-0.2, 0) is 13.5 Å². The third-order valence-electron chi connectivity index (χ3n) is 2.64. The summed E-state index contributed by atoms with van der Waals surface area (Å²) < 4.78 is 2.87. The van der Waals surface area contributed by atoms with Crippen LogP contribution in [0.2, 0.25) is 0 Å². The number of carbonyl (C=O) groups is 1. The molecular weight excluding hydrogens is 280 g/mol. The average molecular weight is 293 g/mol. The lowest BCUT2D eigenvalue weighted by Gasteiger charge is -2.02. The summed E-state index contributed by atoms with van der Waals surface area (Å²) in [5.74, 6) is 1.09. The highest BCUT2D eigenvalue weighted by atomic mass is 79.9. The summed E-state index contributed by atoms with van der Waals surface area (Å²) in [6, 6.07) is 7.47. The zero-order valence-electron chi connectivity index (χ0n) is 9.56. The van der Waals surface area contributed by atoms with Crippen LogP contribution in [-0.4, -0.2) is 15.3 Å². The van der Waals surface area contributed by atoms with Crippen LogP contribution in [0, 0.1) is 0 Å². The van der Waals surface area contributed by atoms with E-state index in [-0.39, 0.29) is 5.78 Å². The lowest BCUT2D eigenvalue weighted by Crippen LogP contribution is -2.04. The molecule has 2 aromatic rings. The molecule has 0 bridgehead atoms. The molecule has 0 N–H and O–H groups in total. The van der Waals surface area contributed by atoms with Crippen molar-refractivity contribution < 1.29 is 4.79 Å². The summed E-state index contributed by atoms with van der Waals surface area (Å²) in [6.07, 6.45) is 4.80. The number of aryl methyl sites for hydroxylation is 2. The van der Waals surface area contributed by atoms with Gasteiger partial charge in [-0.05, 0) is 12.1 Å². The molecule has 1 aromatic heterocycles. The molecule has 0 amide bonds. The first-order valence-corrected chi connectivity index (χ1v) is 6.21. The van der Waals surface area contributed by atoms with Crippen molar-refractivity contribution in [2.45, 2.75) is 12.8 Å². The Hall–Kier alpha value is -1.42. The first-order valence-electron chi connectivity index (χ1n) is 5.42. The Morgan fingerprint density at radius 2 is 2.29 bits per heavy atom. The second-order valence-corrected chi connectivity index (χ2v) is 4.80. The lowest BCUT2D eigenvalue weighted by atomic mass is 10.1. The minimum absolute atomic E-state index is 0.148. The number of ketones is 1. The lowest BCUT2D eigenvalue weighted by molar-refractivity contribution is 0.0982. The summed E-state index contributed by atoms with van der Waals surface area (Å²) in [4.78, 5) is 16.1. The van der Waals surface area contributed by atoms with Gasteiger partial charge in [0.1, 0.15) is 5.82 Å². The highest BCUT2D eigenvalue weighted by molar-refractivity contribution is 9.10. The Kier molecular flexibility index (Phi) is 3.74. The third-order valence-corrected chi connectivity index (χ3v) is 3.14. The van der Waals surface area contributed by atoms with E-state index in [9.17, 15) is 4.79 Å². The number of benzene rings is 1. The molecule has 1 aromatic carbocycles. The van der Waals surface area contributed by atoms with Gasteiger partial charge in [0.05, 0.1) is 0 Å².